The number of aliphatic carboxylic acids is 1. The fourth-order valence-corrected chi connectivity index (χ4v) is 6.92. The van der Waals surface area contributed by atoms with Crippen molar-refractivity contribution < 1.29 is 58.6 Å². The number of hydrogen-bond acceptors (Lipinski definition) is 12. The van der Waals surface area contributed by atoms with Crippen LogP contribution in [0.2, 0.25) is 0 Å². The molecule has 0 unspecified atom stereocenters. The highest BCUT2D eigenvalue weighted by Gasteiger charge is 2.70. The van der Waals surface area contributed by atoms with Crippen molar-refractivity contribution >= 4 is 23.9 Å². The molecule has 2 bridgehead atoms. The number of likely N-dealkylation sites (tertiary alicyclic amines) is 1. The van der Waals surface area contributed by atoms with E-state index in [0.717, 1.165) is 37.9 Å². The molecule has 228 valence electrons. The van der Waals surface area contributed by atoms with Gasteiger partial charge in [0.25, 0.3) is 0 Å². The fraction of sp³-hybridized carbons (Fsp3) is 0.586. The minimum atomic E-state index is -1.98. The van der Waals surface area contributed by atoms with Crippen molar-refractivity contribution in [3.63, 3.8) is 0 Å². The number of esters is 3. The van der Waals surface area contributed by atoms with Crippen LogP contribution in [0, 0.1) is 0 Å². The van der Waals surface area contributed by atoms with E-state index in [-0.39, 0.29) is 24.8 Å². The molecule has 0 saturated carbocycles. The summed E-state index contributed by atoms with van der Waals surface area (Å²) in [5, 5.41) is 41.6. The minimum absolute atomic E-state index is 0.140. The Morgan fingerprint density at radius 2 is 1.86 bits per heavy atom. The molecule has 4 N–H and O–H groups in total. The fourth-order valence-electron chi connectivity index (χ4n) is 6.92. The first-order valence-corrected chi connectivity index (χ1v) is 13.9. The maximum atomic E-state index is 12.9. The molecule has 2 aliphatic heterocycles. The molecule has 7 atom stereocenters. The number of carboxylic acid groups (broad SMARTS) is 1. The molecule has 0 radical (unpaired) electrons. The summed E-state index contributed by atoms with van der Waals surface area (Å²) in [5.41, 5.74) is 0.212. The van der Waals surface area contributed by atoms with Gasteiger partial charge in [-0.05, 0) is 58.3 Å². The van der Waals surface area contributed by atoms with Crippen molar-refractivity contribution in [2.45, 2.75) is 94.0 Å². The summed E-state index contributed by atoms with van der Waals surface area (Å²) in [6.45, 7) is 2.74. The second-order valence-electron chi connectivity index (χ2n) is 11.4. The quantitative estimate of drug-likeness (QED) is 0.224. The van der Waals surface area contributed by atoms with Crippen LogP contribution in [0.15, 0.2) is 24.0 Å². The third-order valence-electron chi connectivity index (χ3n) is 8.98. The van der Waals surface area contributed by atoms with Crippen molar-refractivity contribution in [1.82, 2.24) is 4.90 Å². The zero-order chi connectivity index (χ0) is 30.6. The normalized spacial score (nSPS) is 29.5. The van der Waals surface area contributed by atoms with Crippen LogP contribution in [0.25, 0.3) is 0 Å². The number of likely N-dealkylation sites (N-methyl/N-ethyl adjacent to an activating group) is 1. The average Bonchev–Trinajstić information content (AvgIpc) is 3.27. The Kier molecular flexibility index (Phi) is 7.81. The van der Waals surface area contributed by atoms with Gasteiger partial charge in [0.1, 0.15) is 11.5 Å². The molecule has 5 rings (SSSR count). The van der Waals surface area contributed by atoms with E-state index in [4.69, 9.17) is 19.3 Å². The smallest absolute Gasteiger partial charge is 0.347 e. The van der Waals surface area contributed by atoms with E-state index in [1.165, 1.54) is 0 Å². The summed E-state index contributed by atoms with van der Waals surface area (Å²) in [4.78, 5) is 50.3. The third kappa shape index (κ3) is 4.64. The summed E-state index contributed by atoms with van der Waals surface area (Å²) < 4.78 is 21.6. The predicted molar refractivity (Wildman–Crippen MR) is 141 cm³/mol. The number of nitrogens with zero attached hydrogens (tertiary/aromatic N) is 1. The molecule has 13 heteroatoms. The average molecular weight is 590 g/mol. The van der Waals surface area contributed by atoms with E-state index in [1.54, 1.807) is 12.1 Å². The first kappa shape index (κ1) is 30.0. The van der Waals surface area contributed by atoms with E-state index < -0.39 is 65.7 Å². The van der Waals surface area contributed by atoms with Crippen LogP contribution < -0.4 is 4.74 Å². The van der Waals surface area contributed by atoms with Crippen LogP contribution in [0.3, 0.4) is 0 Å². The lowest BCUT2D eigenvalue weighted by molar-refractivity contribution is -0.179. The van der Waals surface area contributed by atoms with Gasteiger partial charge in [0.2, 0.25) is 0 Å². The molecule has 1 spiro atoms. The highest BCUT2D eigenvalue weighted by molar-refractivity contribution is 5.85. The lowest BCUT2D eigenvalue weighted by atomic mass is 9.52. The monoisotopic (exact) mass is 589 g/mol. The molecule has 42 heavy (non-hydrogen) atoms. The number of benzene rings is 1. The molecule has 2 heterocycles. The first-order valence-electron chi connectivity index (χ1n) is 13.9. The lowest BCUT2D eigenvalue weighted by Crippen LogP contribution is -2.69. The predicted octanol–water partition coefficient (Wildman–Crippen LogP) is 0.0889. The summed E-state index contributed by atoms with van der Waals surface area (Å²) in [7, 11) is 1.98. The standard InChI is InChI=1S/C29H35NO12/c1-14(25(34)35)39-26(36)15(2)40-27(37)18(32)12-21(33)41-19-7-9-29(38)20-11-16-5-6-17(13-31)23-22(16)28(29,24(19)42-23)8-4-10-30(20)3/h5-7,14-15,18,20,24,31-32,38H,4,8-13H2,1-3H3,(H,34,35)/t14-,15-,18-,20+,24-,28-,29+/m0/s1. The van der Waals surface area contributed by atoms with Crippen LogP contribution in [0.5, 0.6) is 5.75 Å². The Hall–Kier alpha value is -3.52. The number of carbonyl (C=O) groups is 4. The number of hydrogen-bond donors (Lipinski definition) is 4. The van der Waals surface area contributed by atoms with Crippen LogP contribution >= 0.6 is 0 Å². The summed E-state index contributed by atoms with van der Waals surface area (Å²) in [5.74, 6) is -4.17. The van der Waals surface area contributed by atoms with Crippen molar-refractivity contribution in [3.05, 3.63) is 40.7 Å². The van der Waals surface area contributed by atoms with Gasteiger partial charge >= 0.3 is 23.9 Å². The van der Waals surface area contributed by atoms with Gasteiger partial charge in [0, 0.05) is 23.6 Å². The summed E-state index contributed by atoms with van der Waals surface area (Å²) >= 11 is 0. The Balaban J connectivity index is 1.33. The highest BCUT2D eigenvalue weighted by Crippen LogP contribution is 2.64. The molecule has 1 fully saturated rings. The number of ether oxygens (including phenoxy) is 4. The molecule has 13 nitrogen and oxygen atoms in total. The van der Waals surface area contributed by atoms with Crippen LogP contribution in [-0.4, -0.2) is 98.9 Å². The van der Waals surface area contributed by atoms with Gasteiger partial charge in [-0.25, -0.2) is 14.4 Å². The second-order valence-corrected chi connectivity index (χ2v) is 11.4. The maximum absolute atomic E-state index is 12.9. The topological polar surface area (TPSA) is 189 Å². The van der Waals surface area contributed by atoms with E-state index in [2.05, 4.69) is 9.64 Å². The minimum Gasteiger partial charge on any atom is -0.481 e. The second kappa shape index (κ2) is 11.0. The zero-order valence-electron chi connectivity index (χ0n) is 23.6. The third-order valence-corrected chi connectivity index (χ3v) is 8.98. The van der Waals surface area contributed by atoms with Gasteiger partial charge < -0.3 is 44.3 Å². The highest BCUT2D eigenvalue weighted by atomic mass is 16.6. The summed E-state index contributed by atoms with van der Waals surface area (Å²) in [6, 6.07) is 3.53. The Morgan fingerprint density at radius 1 is 1.14 bits per heavy atom. The number of carbonyl (C=O) groups excluding carboxylic acids is 3. The van der Waals surface area contributed by atoms with Gasteiger partial charge in [0.15, 0.2) is 24.4 Å². The summed E-state index contributed by atoms with van der Waals surface area (Å²) in [6.07, 6.45) is -3.01. The zero-order valence-corrected chi connectivity index (χ0v) is 23.6. The number of rotatable bonds is 9. The lowest BCUT2D eigenvalue weighted by Gasteiger charge is -2.56. The molecule has 0 aromatic heterocycles. The van der Waals surface area contributed by atoms with E-state index in [0.29, 0.717) is 24.2 Å². The van der Waals surface area contributed by atoms with Gasteiger partial charge in [0.05, 0.1) is 24.0 Å². The van der Waals surface area contributed by atoms with E-state index in [9.17, 15) is 34.5 Å². The van der Waals surface area contributed by atoms with E-state index >= 15 is 0 Å². The molecular weight excluding hydrogens is 554 g/mol. The van der Waals surface area contributed by atoms with Crippen molar-refractivity contribution in [2.24, 2.45) is 0 Å². The maximum Gasteiger partial charge on any atom is 0.347 e. The molecular formula is C29H35NO12. The number of aliphatic hydroxyl groups excluding tert-OH is 2. The van der Waals surface area contributed by atoms with Crippen LogP contribution in [-0.2, 0) is 51.8 Å². The molecule has 1 aromatic rings. The molecule has 0 amide bonds. The Morgan fingerprint density at radius 3 is 2.55 bits per heavy atom. The molecule has 4 aliphatic rings. The van der Waals surface area contributed by atoms with Crippen LogP contribution in [0.1, 0.15) is 56.2 Å². The van der Waals surface area contributed by atoms with Gasteiger partial charge in [-0.15, -0.1) is 0 Å². The largest absolute Gasteiger partial charge is 0.481 e. The van der Waals surface area contributed by atoms with Gasteiger partial charge in [-0.3, -0.25) is 4.79 Å². The molecule has 1 aromatic carbocycles. The Labute approximate surface area is 241 Å². The first-order chi connectivity index (χ1) is 19.8. The SMILES string of the molecule is C[C@H](OC(=O)[C@H](C)OC(=O)[C@@H](O)CC(=O)OC1=CC[C@@]2(O)[C@H]3Cc4ccc(CO)c5c4[C@@]2(CCCN3C)[C@H]1O5)C(=O)O. The van der Waals surface area contributed by atoms with Crippen molar-refractivity contribution in [3.8, 4) is 5.75 Å². The molecule has 1 saturated heterocycles. The van der Waals surface area contributed by atoms with Gasteiger partial charge in [-0.1, -0.05) is 12.1 Å². The van der Waals surface area contributed by atoms with Crippen molar-refractivity contribution in [2.75, 3.05) is 13.6 Å². The van der Waals surface area contributed by atoms with Crippen molar-refractivity contribution in [1.29, 1.82) is 0 Å². The van der Waals surface area contributed by atoms with Crippen LogP contribution in [0.4, 0.5) is 0 Å². The number of carboxylic acids is 1. The number of aliphatic hydroxyl groups is 3. The van der Waals surface area contributed by atoms with Gasteiger partial charge in [-0.2, -0.15) is 0 Å². The molecule has 2 aliphatic carbocycles. The Bertz CT molecular complexity index is 1340. The van der Waals surface area contributed by atoms with E-state index in [1.807, 2.05) is 13.1 Å².